The summed E-state index contributed by atoms with van der Waals surface area (Å²) in [6, 6.07) is 4.07. The number of piperidine rings is 1. The minimum absolute atomic E-state index is 0.0477. The minimum atomic E-state index is -1.14. The molecule has 3 N–H and O–H groups in total. The molecule has 0 aromatic heterocycles. The number of carboxylic acids is 1. The summed E-state index contributed by atoms with van der Waals surface area (Å²) in [4.78, 5) is 24.8. The second kappa shape index (κ2) is 6.78. The van der Waals surface area contributed by atoms with Gasteiger partial charge in [-0.1, -0.05) is 11.6 Å². The highest BCUT2D eigenvalue weighted by Crippen LogP contribution is 2.22. The number of hydrogen-bond donors (Lipinski definition) is 3. The molecule has 0 unspecified atom stereocenters. The molecular formula is C14H17ClN2O4. The average molecular weight is 313 g/mol. The molecule has 1 fully saturated rings. The van der Waals surface area contributed by atoms with Gasteiger partial charge in [-0.25, -0.2) is 9.59 Å². The van der Waals surface area contributed by atoms with E-state index >= 15 is 0 Å². The Labute approximate surface area is 127 Å². The van der Waals surface area contributed by atoms with Gasteiger partial charge in [0.25, 0.3) is 0 Å². The van der Waals surface area contributed by atoms with E-state index < -0.39 is 5.97 Å². The molecule has 1 aromatic carbocycles. The first-order valence-corrected chi connectivity index (χ1v) is 7.08. The number of urea groups is 1. The number of benzene rings is 1. The fourth-order valence-corrected chi connectivity index (χ4v) is 2.49. The molecule has 0 radical (unpaired) electrons. The molecule has 6 nitrogen and oxygen atoms in total. The fourth-order valence-electron chi connectivity index (χ4n) is 2.29. The zero-order chi connectivity index (χ0) is 15.4. The third-order valence-electron chi connectivity index (χ3n) is 3.61. The highest BCUT2D eigenvalue weighted by molar-refractivity contribution is 6.33. The summed E-state index contributed by atoms with van der Waals surface area (Å²) < 4.78 is 0. The monoisotopic (exact) mass is 312 g/mol. The van der Waals surface area contributed by atoms with Crippen LogP contribution in [0.4, 0.5) is 10.5 Å². The molecule has 1 aliphatic heterocycles. The van der Waals surface area contributed by atoms with E-state index in [1.165, 1.54) is 12.1 Å². The van der Waals surface area contributed by atoms with Gasteiger partial charge in [0, 0.05) is 25.4 Å². The molecule has 2 rings (SSSR count). The van der Waals surface area contributed by atoms with Crippen LogP contribution in [0.3, 0.4) is 0 Å². The summed E-state index contributed by atoms with van der Waals surface area (Å²) in [5, 5.41) is 20.9. The topological polar surface area (TPSA) is 89.9 Å². The molecule has 0 bridgehead atoms. The van der Waals surface area contributed by atoms with E-state index in [1.807, 2.05) is 0 Å². The lowest BCUT2D eigenvalue weighted by molar-refractivity contribution is 0.0697. The van der Waals surface area contributed by atoms with Crippen LogP contribution in [0.1, 0.15) is 23.2 Å². The number of nitrogens with one attached hydrogen (secondary N) is 1. The van der Waals surface area contributed by atoms with E-state index in [1.54, 1.807) is 11.0 Å². The average Bonchev–Trinajstić information content (AvgIpc) is 2.49. The predicted octanol–water partition coefficient (Wildman–Crippen LogP) is 2.27. The van der Waals surface area contributed by atoms with Gasteiger partial charge in [0.15, 0.2) is 0 Å². The van der Waals surface area contributed by atoms with E-state index in [-0.39, 0.29) is 29.1 Å². The highest BCUT2D eigenvalue weighted by Gasteiger charge is 2.22. The molecule has 0 aliphatic carbocycles. The highest BCUT2D eigenvalue weighted by atomic mass is 35.5. The molecule has 1 saturated heterocycles. The first kappa shape index (κ1) is 15.6. The number of rotatable bonds is 3. The van der Waals surface area contributed by atoms with Crippen molar-refractivity contribution in [3.8, 4) is 0 Å². The standard InChI is InChI=1S/C14H17ClN2O4/c15-12-2-1-10(7-11(12)13(19)20)16-14(21)17-5-3-9(8-18)4-6-17/h1-2,7,9,18H,3-6,8H2,(H,16,21)(H,19,20). The summed E-state index contributed by atoms with van der Waals surface area (Å²) in [5.41, 5.74) is 0.347. The Bertz CT molecular complexity index is 542. The van der Waals surface area contributed by atoms with Crippen molar-refractivity contribution >= 4 is 29.3 Å². The Morgan fingerprint density at radius 1 is 1.33 bits per heavy atom. The van der Waals surface area contributed by atoms with E-state index in [0.29, 0.717) is 18.8 Å². The van der Waals surface area contributed by atoms with Gasteiger partial charge in [0.1, 0.15) is 0 Å². The smallest absolute Gasteiger partial charge is 0.337 e. The first-order chi connectivity index (χ1) is 10.0. The van der Waals surface area contributed by atoms with Crippen molar-refractivity contribution in [2.24, 2.45) is 5.92 Å². The summed E-state index contributed by atoms with van der Waals surface area (Å²) in [7, 11) is 0. The van der Waals surface area contributed by atoms with Gasteiger partial charge in [-0.3, -0.25) is 0 Å². The van der Waals surface area contributed by atoms with Crippen molar-refractivity contribution in [3.05, 3.63) is 28.8 Å². The number of hydrogen-bond acceptors (Lipinski definition) is 3. The quantitative estimate of drug-likeness (QED) is 0.798. The van der Waals surface area contributed by atoms with Gasteiger partial charge in [-0.2, -0.15) is 0 Å². The molecule has 0 spiro atoms. The number of halogens is 1. The van der Waals surface area contributed by atoms with Gasteiger partial charge in [0.2, 0.25) is 0 Å². The zero-order valence-corrected chi connectivity index (χ0v) is 12.1. The third-order valence-corrected chi connectivity index (χ3v) is 3.94. The van der Waals surface area contributed by atoms with Gasteiger partial charge in [-0.15, -0.1) is 0 Å². The number of aliphatic hydroxyl groups excluding tert-OH is 1. The van der Waals surface area contributed by atoms with Crippen molar-refractivity contribution in [3.63, 3.8) is 0 Å². The Morgan fingerprint density at radius 3 is 2.57 bits per heavy atom. The summed E-state index contributed by atoms with van der Waals surface area (Å²) in [6.07, 6.45) is 1.54. The normalized spacial score (nSPS) is 15.8. The van der Waals surface area contributed by atoms with E-state index in [0.717, 1.165) is 12.8 Å². The van der Waals surface area contributed by atoms with Crippen LogP contribution >= 0.6 is 11.6 Å². The van der Waals surface area contributed by atoms with Gasteiger partial charge in [-0.05, 0) is 37.0 Å². The molecule has 0 saturated carbocycles. The van der Waals surface area contributed by atoms with Crippen LogP contribution in [-0.2, 0) is 0 Å². The Balaban J connectivity index is 2.00. The van der Waals surface area contributed by atoms with Crippen molar-refractivity contribution in [1.29, 1.82) is 0 Å². The van der Waals surface area contributed by atoms with E-state index in [2.05, 4.69) is 5.32 Å². The van der Waals surface area contributed by atoms with Crippen LogP contribution in [0.25, 0.3) is 0 Å². The van der Waals surface area contributed by atoms with Gasteiger partial charge in [0.05, 0.1) is 10.6 Å². The SMILES string of the molecule is O=C(O)c1cc(NC(=O)N2CCC(CO)CC2)ccc1Cl. The molecule has 114 valence electrons. The van der Waals surface area contributed by atoms with Crippen molar-refractivity contribution in [2.75, 3.05) is 25.0 Å². The molecule has 1 aromatic rings. The van der Waals surface area contributed by atoms with Crippen LogP contribution in [0.15, 0.2) is 18.2 Å². The third kappa shape index (κ3) is 3.86. The number of anilines is 1. The molecule has 1 heterocycles. The molecule has 7 heteroatoms. The number of amides is 2. The molecule has 0 atom stereocenters. The molecule has 1 aliphatic rings. The van der Waals surface area contributed by atoms with Crippen LogP contribution in [0, 0.1) is 5.92 Å². The fraction of sp³-hybridized carbons (Fsp3) is 0.429. The van der Waals surface area contributed by atoms with Crippen molar-refractivity contribution < 1.29 is 19.8 Å². The summed E-state index contributed by atoms with van der Waals surface area (Å²) in [6.45, 7) is 1.31. The lowest BCUT2D eigenvalue weighted by Crippen LogP contribution is -2.41. The number of carboxylic acid groups (broad SMARTS) is 1. The molecule has 2 amide bonds. The predicted molar refractivity (Wildman–Crippen MR) is 78.8 cm³/mol. The van der Waals surface area contributed by atoms with Crippen molar-refractivity contribution in [1.82, 2.24) is 4.90 Å². The van der Waals surface area contributed by atoms with Crippen LogP contribution in [0.2, 0.25) is 5.02 Å². The summed E-state index contributed by atoms with van der Waals surface area (Å²) >= 11 is 5.78. The maximum Gasteiger partial charge on any atom is 0.337 e. The molecule has 21 heavy (non-hydrogen) atoms. The number of carbonyl (C=O) groups excluding carboxylic acids is 1. The van der Waals surface area contributed by atoms with Crippen LogP contribution < -0.4 is 5.32 Å². The maximum absolute atomic E-state index is 12.1. The largest absolute Gasteiger partial charge is 0.478 e. The van der Waals surface area contributed by atoms with Crippen LogP contribution in [-0.4, -0.2) is 46.8 Å². The maximum atomic E-state index is 12.1. The van der Waals surface area contributed by atoms with Gasteiger partial charge >= 0.3 is 12.0 Å². The van der Waals surface area contributed by atoms with E-state index in [4.69, 9.17) is 21.8 Å². The Morgan fingerprint density at radius 2 is 2.00 bits per heavy atom. The first-order valence-electron chi connectivity index (χ1n) is 6.71. The zero-order valence-electron chi connectivity index (χ0n) is 11.4. The Hall–Kier alpha value is -1.79. The number of aliphatic hydroxyl groups is 1. The van der Waals surface area contributed by atoms with Crippen LogP contribution in [0.5, 0.6) is 0 Å². The molecular weight excluding hydrogens is 296 g/mol. The lowest BCUT2D eigenvalue weighted by Gasteiger charge is -2.31. The second-order valence-electron chi connectivity index (χ2n) is 5.04. The van der Waals surface area contributed by atoms with E-state index in [9.17, 15) is 9.59 Å². The summed E-state index contributed by atoms with van der Waals surface area (Å²) in [5.74, 6) is -0.886. The Kier molecular flexibility index (Phi) is 5.03. The number of aromatic carboxylic acids is 1. The lowest BCUT2D eigenvalue weighted by atomic mass is 9.98. The minimum Gasteiger partial charge on any atom is -0.478 e. The number of carbonyl (C=O) groups is 2. The van der Waals surface area contributed by atoms with Gasteiger partial charge < -0.3 is 20.4 Å². The second-order valence-corrected chi connectivity index (χ2v) is 5.45. The number of nitrogens with zero attached hydrogens (tertiary/aromatic N) is 1. The number of likely N-dealkylation sites (tertiary alicyclic amines) is 1. The van der Waals surface area contributed by atoms with Crippen molar-refractivity contribution in [2.45, 2.75) is 12.8 Å².